The topological polar surface area (TPSA) is 100 Å². The Morgan fingerprint density at radius 3 is 2.42 bits per heavy atom. The first kappa shape index (κ1) is 27.2. The lowest BCUT2D eigenvalue weighted by Crippen LogP contribution is -2.14. The van der Waals surface area contributed by atoms with Crippen LogP contribution in [0.3, 0.4) is 0 Å². The molecule has 0 fully saturated rings. The van der Waals surface area contributed by atoms with Gasteiger partial charge in [-0.3, -0.25) is 9.36 Å². The number of rotatable bonds is 11. The number of amides is 1. The van der Waals surface area contributed by atoms with Crippen LogP contribution in [0, 0.1) is 13.8 Å². The van der Waals surface area contributed by atoms with Gasteiger partial charge in [-0.05, 0) is 43.2 Å². The number of benzene rings is 2. The highest BCUT2D eigenvalue weighted by atomic mass is 32.2. The van der Waals surface area contributed by atoms with Gasteiger partial charge in [0.15, 0.2) is 27.6 Å². The van der Waals surface area contributed by atoms with Gasteiger partial charge in [-0.1, -0.05) is 30.0 Å². The van der Waals surface area contributed by atoms with Crippen molar-refractivity contribution in [1.82, 2.24) is 19.7 Å². The molecule has 0 spiro atoms. The normalized spacial score (nSPS) is 10.8. The monoisotopic (exact) mass is 551 g/mol. The zero-order chi connectivity index (χ0) is 27.2. The molecule has 4 aromatic rings. The van der Waals surface area contributed by atoms with Crippen molar-refractivity contribution >= 4 is 34.1 Å². The van der Waals surface area contributed by atoms with Crippen LogP contribution in [0.1, 0.15) is 11.1 Å². The number of carbonyl (C=O) groups is 1. The fourth-order valence-corrected chi connectivity index (χ4v) is 5.25. The maximum absolute atomic E-state index is 12.7. The van der Waals surface area contributed by atoms with Crippen molar-refractivity contribution in [3.63, 3.8) is 0 Å². The van der Waals surface area contributed by atoms with Crippen LogP contribution < -0.4 is 19.5 Å². The molecule has 0 radical (unpaired) electrons. The number of aryl methyl sites for hydroxylation is 2. The van der Waals surface area contributed by atoms with Crippen molar-refractivity contribution in [2.45, 2.75) is 25.5 Å². The minimum atomic E-state index is -0.182. The first-order valence-corrected chi connectivity index (χ1v) is 13.5. The van der Waals surface area contributed by atoms with E-state index in [0.29, 0.717) is 39.9 Å². The number of nitrogens with one attached hydrogen (secondary N) is 1. The smallest absolute Gasteiger partial charge is 0.236 e. The van der Waals surface area contributed by atoms with Crippen molar-refractivity contribution in [2.24, 2.45) is 0 Å². The zero-order valence-electron chi connectivity index (χ0n) is 21.9. The molecule has 0 saturated carbocycles. The van der Waals surface area contributed by atoms with Gasteiger partial charge >= 0.3 is 0 Å². The van der Waals surface area contributed by atoms with Crippen molar-refractivity contribution in [2.75, 3.05) is 32.4 Å². The second kappa shape index (κ2) is 12.1. The molecule has 0 aliphatic heterocycles. The number of anilines is 1. The number of ether oxygens (including phenoxy) is 3. The number of aromatic nitrogens is 4. The molecule has 2 aromatic heterocycles. The zero-order valence-corrected chi connectivity index (χ0v) is 23.5. The SMILES string of the molecule is C=CCn1c(SCC(=O)Nc2nc(-c3ccc(C)c(C)c3)cs2)nnc1-c1cc(OC)c(OC)c(OC)c1. The molecule has 0 atom stereocenters. The van der Waals surface area contributed by atoms with Gasteiger partial charge in [0, 0.05) is 23.1 Å². The molecular formula is C27H29N5O4S2. The van der Waals surface area contributed by atoms with Gasteiger partial charge in [-0.25, -0.2) is 4.98 Å². The molecule has 0 unspecified atom stereocenters. The summed E-state index contributed by atoms with van der Waals surface area (Å²) in [5.41, 5.74) is 5.02. The Kier molecular flexibility index (Phi) is 8.70. The average Bonchev–Trinajstić information content (AvgIpc) is 3.55. The average molecular weight is 552 g/mol. The van der Waals surface area contributed by atoms with Gasteiger partial charge in [-0.15, -0.1) is 28.1 Å². The van der Waals surface area contributed by atoms with Crippen LogP contribution in [-0.4, -0.2) is 52.7 Å². The fraction of sp³-hybridized carbons (Fsp3) is 0.259. The summed E-state index contributed by atoms with van der Waals surface area (Å²) in [5.74, 6) is 2.05. The summed E-state index contributed by atoms with van der Waals surface area (Å²) >= 11 is 2.68. The van der Waals surface area contributed by atoms with Crippen LogP contribution in [0.2, 0.25) is 0 Å². The van der Waals surface area contributed by atoms with E-state index in [2.05, 4.69) is 53.1 Å². The summed E-state index contributed by atoms with van der Waals surface area (Å²) in [7, 11) is 4.67. The number of thioether (sulfide) groups is 1. The minimum Gasteiger partial charge on any atom is -0.493 e. The minimum absolute atomic E-state index is 0.142. The lowest BCUT2D eigenvalue weighted by Gasteiger charge is -2.14. The van der Waals surface area contributed by atoms with Crippen LogP contribution in [-0.2, 0) is 11.3 Å². The summed E-state index contributed by atoms with van der Waals surface area (Å²) in [6.07, 6.45) is 1.75. The van der Waals surface area contributed by atoms with E-state index in [1.165, 1.54) is 34.2 Å². The standard InChI is InChI=1S/C27H29N5O4S2/c1-7-10-32-25(19-12-21(34-4)24(36-6)22(13-19)35-5)30-31-27(32)38-15-23(33)29-26-28-20(14-37-26)18-9-8-16(2)17(3)11-18/h7-9,11-14H,1,10,15H2,2-6H3,(H,28,29,33). The Hall–Kier alpha value is -3.83. The summed E-state index contributed by atoms with van der Waals surface area (Å²) in [5, 5.41) is 14.7. The first-order chi connectivity index (χ1) is 18.4. The van der Waals surface area contributed by atoms with E-state index < -0.39 is 0 Å². The van der Waals surface area contributed by atoms with Crippen molar-refractivity contribution < 1.29 is 19.0 Å². The third-order valence-electron chi connectivity index (χ3n) is 5.84. The van der Waals surface area contributed by atoms with Gasteiger partial charge < -0.3 is 19.5 Å². The highest BCUT2D eigenvalue weighted by Gasteiger charge is 2.20. The van der Waals surface area contributed by atoms with Crippen LogP contribution in [0.5, 0.6) is 17.2 Å². The predicted octanol–water partition coefficient (Wildman–Crippen LogP) is 5.63. The van der Waals surface area contributed by atoms with Crippen molar-refractivity contribution in [1.29, 1.82) is 0 Å². The molecular weight excluding hydrogens is 522 g/mol. The third kappa shape index (κ3) is 5.84. The molecule has 1 amide bonds. The predicted molar refractivity (Wildman–Crippen MR) is 152 cm³/mol. The van der Waals surface area contributed by atoms with Gasteiger partial charge in [0.1, 0.15) is 0 Å². The second-order valence-corrected chi connectivity index (χ2v) is 10.1. The van der Waals surface area contributed by atoms with E-state index in [0.717, 1.165) is 16.8 Å². The van der Waals surface area contributed by atoms with Crippen LogP contribution in [0.4, 0.5) is 5.13 Å². The molecule has 11 heteroatoms. The summed E-state index contributed by atoms with van der Waals surface area (Å²) in [6, 6.07) is 9.83. The summed E-state index contributed by atoms with van der Waals surface area (Å²) < 4.78 is 18.3. The number of hydrogen-bond donors (Lipinski definition) is 1. The molecule has 2 aromatic carbocycles. The van der Waals surface area contributed by atoms with Gasteiger partial charge in [0.2, 0.25) is 11.7 Å². The Labute approximate surface area is 229 Å². The summed E-state index contributed by atoms with van der Waals surface area (Å²) in [4.78, 5) is 17.3. The van der Waals surface area contributed by atoms with E-state index in [-0.39, 0.29) is 11.7 Å². The van der Waals surface area contributed by atoms with E-state index in [4.69, 9.17) is 14.2 Å². The number of hydrogen-bond acceptors (Lipinski definition) is 9. The number of nitrogens with zero attached hydrogens (tertiary/aromatic N) is 4. The molecule has 9 nitrogen and oxygen atoms in total. The van der Waals surface area contributed by atoms with Crippen molar-refractivity contribution in [3.05, 3.63) is 59.5 Å². The molecule has 1 N–H and O–H groups in total. The van der Waals surface area contributed by atoms with Crippen LogP contribution in [0.15, 0.2) is 53.5 Å². The quantitative estimate of drug-likeness (QED) is 0.189. The van der Waals surface area contributed by atoms with Gasteiger partial charge in [0.25, 0.3) is 0 Å². The van der Waals surface area contributed by atoms with Gasteiger partial charge in [-0.2, -0.15) is 0 Å². The van der Waals surface area contributed by atoms with Crippen LogP contribution in [0.25, 0.3) is 22.6 Å². The molecule has 38 heavy (non-hydrogen) atoms. The molecule has 198 valence electrons. The van der Waals surface area contributed by atoms with E-state index in [1.54, 1.807) is 27.4 Å². The molecule has 0 aliphatic rings. The highest BCUT2D eigenvalue weighted by molar-refractivity contribution is 7.99. The van der Waals surface area contributed by atoms with Crippen LogP contribution >= 0.6 is 23.1 Å². The molecule has 0 saturated heterocycles. The maximum atomic E-state index is 12.7. The Bertz CT molecular complexity index is 1440. The maximum Gasteiger partial charge on any atom is 0.236 e. The third-order valence-corrected chi connectivity index (χ3v) is 7.56. The molecule has 2 heterocycles. The Morgan fingerprint density at radius 2 is 1.79 bits per heavy atom. The van der Waals surface area contributed by atoms with E-state index in [1.807, 2.05) is 28.1 Å². The lowest BCUT2D eigenvalue weighted by molar-refractivity contribution is -0.113. The molecule has 4 rings (SSSR count). The number of methoxy groups -OCH3 is 3. The van der Waals surface area contributed by atoms with E-state index >= 15 is 0 Å². The van der Waals surface area contributed by atoms with Gasteiger partial charge in [0.05, 0.1) is 32.8 Å². The van der Waals surface area contributed by atoms with E-state index in [9.17, 15) is 4.79 Å². The first-order valence-electron chi connectivity index (χ1n) is 11.7. The second-order valence-electron chi connectivity index (χ2n) is 8.29. The molecule has 0 aliphatic carbocycles. The number of carbonyl (C=O) groups excluding carboxylic acids is 1. The Balaban J connectivity index is 1.49. The lowest BCUT2D eigenvalue weighted by atomic mass is 10.1. The Morgan fingerprint density at radius 1 is 1.05 bits per heavy atom. The number of allylic oxidation sites excluding steroid dienone is 1. The fourth-order valence-electron chi connectivity index (χ4n) is 3.76. The summed E-state index contributed by atoms with van der Waals surface area (Å²) in [6.45, 7) is 8.46. The van der Waals surface area contributed by atoms with Crippen molar-refractivity contribution in [3.8, 4) is 39.9 Å². The largest absolute Gasteiger partial charge is 0.493 e. The number of thiazole rings is 1. The highest BCUT2D eigenvalue weighted by Crippen LogP contribution is 2.41. The molecule has 0 bridgehead atoms.